The van der Waals surface area contributed by atoms with E-state index in [1.807, 2.05) is 0 Å². The fourth-order valence-corrected chi connectivity index (χ4v) is 13.8. The van der Waals surface area contributed by atoms with Crippen molar-refractivity contribution in [2.24, 2.45) is 5.92 Å². The molecule has 0 amide bonds. The molecule has 0 saturated carbocycles. The molecule has 0 aliphatic heterocycles. The van der Waals surface area contributed by atoms with Crippen LogP contribution in [0.5, 0.6) is 0 Å². The van der Waals surface area contributed by atoms with E-state index in [1.54, 1.807) is 0 Å². The van der Waals surface area contributed by atoms with Crippen LogP contribution in [-0.4, -0.2) is 96.7 Å². The van der Waals surface area contributed by atoms with Crippen LogP contribution in [0.15, 0.2) is 0 Å². The standard InChI is InChI=1S/C79H154O17P2/c1-6-9-12-15-18-21-24-25-26-27-28-29-30-31-32-33-36-40-45-50-55-60-65-79(84)96-75(69-90-77(82)63-58-53-48-44-39-37-34-35-38-41-46-51-56-61-72(4)5)71-94-98(87,88)92-67-73(80)66-91-97(85,86)93-70-74(95-78(83)64-59-54-49-43-23-20-17-14-11-8-3)68-89-76(81)62-57-52-47-42-22-19-16-13-10-7-2/h72-75,80H,6-71H2,1-5H3,(H,85,86)(H,87,88)/t73-,74+,75+/m0/s1. The molecule has 0 radical (unpaired) electrons. The molecule has 0 bridgehead atoms. The first-order chi connectivity index (χ1) is 47.5. The van der Waals surface area contributed by atoms with Gasteiger partial charge in [0.05, 0.1) is 26.4 Å². The molecule has 19 heteroatoms. The Morgan fingerprint density at radius 1 is 0.276 bits per heavy atom. The maximum Gasteiger partial charge on any atom is 0.472 e. The summed E-state index contributed by atoms with van der Waals surface area (Å²) >= 11 is 0. The van der Waals surface area contributed by atoms with Gasteiger partial charge < -0.3 is 33.8 Å². The molecule has 98 heavy (non-hydrogen) atoms. The van der Waals surface area contributed by atoms with E-state index in [4.69, 9.17) is 37.0 Å². The smallest absolute Gasteiger partial charge is 0.462 e. The fourth-order valence-electron chi connectivity index (χ4n) is 12.2. The lowest BCUT2D eigenvalue weighted by atomic mass is 10.0. The van der Waals surface area contributed by atoms with Crippen molar-refractivity contribution in [3.8, 4) is 0 Å². The molecule has 0 saturated heterocycles. The predicted octanol–water partition coefficient (Wildman–Crippen LogP) is 23.6. The Balaban J connectivity index is 5.18. The van der Waals surface area contributed by atoms with Gasteiger partial charge in [-0.25, -0.2) is 9.13 Å². The molecule has 582 valence electrons. The van der Waals surface area contributed by atoms with Gasteiger partial charge in [-0.15, -0.1) is 0 Å². The monoisotopic (exact) mass is 1440 g/mol. The molecule has 17 nitrogen and oxygen atoms in total. The average Bonchev–Trinajstić information content (AvgIpc) is 1.07. The second-order valence-corrected chi connectivity index (χ2v) is 31.8. The Hall–Kier alpha value is -1.94. The van der Waals surface area contributed by atoms with Crippen molar-refractivity contribution >= 4 is 39.5 Å². The van der Waals surface area contributed by atoms with Crippen molar-refractivity contribution < 1.29 is 80.2 Å². The van der Waals surface area contributed by atoms with E-state index >= 15 is 0 Å². The van der Waals surface area contributed by atoms with E-state index in [9.17, 15) is 43.2 Å². The maximum absolute atomic E-state index is 13.1. The second-order valence-electron chi connectivity index (χ2n) is 28.9. The first-order valence-electron chi connectivity index (χ1n) is 41.1. The minimum absolute atomic E-state index is 0.107. The van der Waals surface area contributed by atoms with Crippen LogP contribution >= 0.6 is 15.6 Å². The Bertz CT molecular complexity index is 1870. The van der Waals surface area contributed by atoms with Crippen molar-refractivity contribution in [1.29, 1.82) is 0 Å². The first kappa shape index (κ1) is 96.1. The minimum Gasteiger partial charge on any atom is -0.462 e. The summed E-state index contributed by atoms with van der Waals surface area (Å²) in [5.74, 6) is -1.32. The number of aliphatic hydroxyl groups is 1. The third-order valence-electron chi connectivity index (χ3n) is 18.5. The van der Waals surface area contributed by atoms with Crippen molar-refractivity contribution in [1.82, 2.24) is 0 Å². The molecule has 2 unspecified atom stereocenters. The summed E-state index contributed by atoms with van der Waals surface area (Å²) in [6.07, 6.45) is 62.5. The third kappa shape index (κ3) is 72.4. The van der Waals surface area contributed by atoms with Crippen LogP contribution in [0.3, 0.4) is 0 Å². The summed E-state index contributed by atoms with van der Waals surface area (Å²) in [4.78, 5) is 72.8. The van der Waals surface area contributed by atoms with E-state index in [0.29, 0.717) is 25.7 Å². The Morgan fingerprint density at radius 2 is 0.469 bits per heavy atom. The molecule has 0 aromatic carbocycles. The molecular weight excluding hydrogens is 1280 g/mol. The molecule has 0 aromatic rings. The number of esters is 4. The van der Waals surface area contributed by atoms with E-state index < -0.39 is 97.5 Å². The van der Waals surface area contributed by atoms with Crippen molar-refractivity contribution in [3.63, 3.8) is 0 Å². The number of aliphatic hydroxyl groups excluding tert-OH is 1. The highest BCUT2D eigenvalue weighted by Crippen LogP contribution is 2.45. The minimum atomic E-state index is -4.96. The van der Waals surface area contributed by atoms with Gasteiger partial charge in [-0.2, -0.15) is 0 Å². The molecular formula is C79H154O17P2. The number of phosphoric ester groups is 2. The summed E-state index contributed by atoms with van der Waals surface area (Å²) in [6, 6.07) is 0. The molecule has 0 spiro atoms. The number of carbonyl (C=O) groups is 4. The van der Waals surface area contributed by atoms with Gasteiger partial charge in [0, 0.05) is 25.7 Å². The lowest BCUT2D eigenvalue weighted by molar-refractivity contribution is -0.161. The number of phosphoric acid groups is 2. The molecule has 3 N–H and O–H groups in total. The van der Waals surface area contributed by atoms with Gasteiger partial charge in [0.15, 0.2) is 12.2 Å². The van der Waals surface area contributed by atoms with Gasteiger partial charge >= 0.3 is 39.5 Å². The van der Waals surface area contributed by atoms with Gasteiger partial charge in [0.1, 0.15) is 19.3 Å². The van der Waals surface area contributed by atoms with Crippen LogP contribution in [-0.2, 0) is 65.4 Å². The highest BCUT2D eigenvalue weighted by molar-refractivity contribution is 7.47. The average molecular weight is 1440 g/mol. The number of hydrogen-bond donors (Lipinski definition) is 3. The van der Waals surface area contributed by atoms with Gasteiger partial charge in [0.2, 0.25) is 0 Å². The van der Waals surface area contributed by atoms with Gasteiger partial charge in [-0.3, -0.25) is 37.3 Å². The SMILES string of the molecule is CCCCCCCCCCCCCCCCCCCCCCCCC(=O)O[C@H](COC(=O)CCCCCCCCCCCCCCCC(C)C)COP(=O)(O)OC[C@@H](O)COP(=O)(O)OC[C@@H](COC(=O)CCCCCCCCCCCC)OC(=O)CCCCCCCCCCCC. The number of hydrogen-bond acceptors (Lipinski definition) is 15. The molecule has 0 fully saturated rings. The summed E-state index contributed by atoms with van der Waals surface area (Å²) in [7, 11) is -9.91. The Kier molecular flexibility index (Phi) is 70.6. The van der Waals surface area contributed by atoms with Crippen LogP contribution in [0.4, 0.5) is 0 Å². The molecule has 0 aliphatic carbocycles. The van der Waals surface area contributed by atoms with Gasteiger partial charge in [-0.05, 0) is 31.6 Å². The van der Waals surface area contributed by atoms with Crippen LogP contribution < -0.4 is 0 Å². The van der Waals surface area contributed by atoms with Crippen LogP contribution in [0, 0.1) is 5.92 Å². The fraction of sp³-hybridized carbons (Fsp3) is 0.949. The molecule has 0 heterocycles. The number of ether oxygens (including phenoxy) is 4. The highest BCUT2D eigenvalue weighted by Gasteiger charge is 2.30. The van der Waals surface area contributed by atoms with Gasteiger partial charge in [0.25, 0.3) is 0 Å². The summed E-state index contributed by atoms with van der Waals surface area (Å²) < 4.78 is 68.6. The second kappa shape index (κ2) is 72.0. The van der Waals surface area contributed by atoms with Crippen LogP contribution in [0.1, 0.15) is 420 Å². The third-order valence-corrected chi connectivity index (χ3v) is 20.4. The zero-order valence-corrected chi connectivity index (χ0v) is 65.7. The van der Waals surface area contributed by atoms with E-state index in [0.717, 1.165) is 95.8 Å². The Labute approximate surface area is 600 Å². The summed E-state index contributed by atoms with van der Waals surface area (Å²) in [5, 5.41) is 10.6. The maximum atomic E-state index is 13.1. The van der Waals surface area contributed by atoms with Crippen molar-refractivity contribution in [2.75, 3.05) is 39.6 Å². The zero-order valence-electron chi connectivity index (χ0n) is 63.9. The van der Waals surface area contributed by atoms with Crippen molar-refractivity contribution in [2.45, 2.75) is 438 Å². The highest BCUT2D eigenvalue weighted by atomic mass is 31.2. The quantitative estimate of drug-likeness (QED) is 0.0222. The number of rotatable bonds is 79. The topological polar surface area (TPSA) is 237 Å². The van der Waals surface area contributed by atoms with E-state index in [-0.39, 0.29) is 25.7 Å². The lowest BCUT2D eigenvalue weighted by Gasteiger charge is -2.21. The Morgan fingerprint density at radius 3 is 0.694 bits per heavy atom. The molecule has 0 rings (SSSR count). The van der Waals surface area contributed by atoms with Crippen molar-refractivity contribution in [3.05, 3.63) is 0 Å². The first-order valence-corrected chi connectivity index (χ1v) is 44.1. The summed E-state index contributed by atoms with van der Waals surface area (Å²) in [5.41, 5.74) is 0. The molecule has 5 atom stereocenters. The zero-order chi connectivity index (χ0) is 71.9. The van der Waals surface area contributed by atoms with Crippen LogP contribution in [0.2, 0.25) is 0 Å². The largest absolute Gasteiger partial charge is 0.472 e. The van der Waals surface area contributed by atoms with E-state index in [2.05, 4.69) is 34.6 Å². The lowest BCUT2D eigenvalue weighted by Crippen LogP contribution is -2.30. The van der Waals surface area contributed by atoms with E-state index in [1.165, 1.54) is 244 Å². The molecule has 0 aliphatic rings. The van der Waals surface area contributed by atoms with Crippen LogP contribution in [0.25, 0.3) is 0 Å². The normalized spacial score (nSPS) is 13.9. The molecule has 0 aromatic heterocycles. The summed E-state index contributed by atoms with van der Waals surface area (Å²) in [6.45, 7) is 7.31. The number of unbranched alkanes of at least 4 members (excludes halogenated alkanes) is 51. The number of carbonyl (C=O) groups excluding carboxylic acids is 4. The predicted molar refractivity (Wildman–Crippen MR) is 400 cm³/mol. The van der Waals surface area contributed by atoms with Gasteiger partial charge in [-0.1, -0.05) is 369 Å².